The standard InChI is InChI=1S/C16H15NO2/c18-11-13-10-17(16-7-2-1-6-15(13)16)9-12-4-3-5-14(19)8-12/h1-8,10,18-19H,9,11H2. The second-order valence-electron chi connectivity index (χ2n) is 4.63. The van der Waals surface area contributed by atoms with Crippen molar-refractivity contribution in [2.45, 2.75) is 13.2 Å². The van der Waals surface area contributed by atoms with E-state index in [2.05, 4.69) is 4.57 Å². The van der Waals surface area contributed by atoms with Gasteiger partial charge in [0, 0.05) is 29.2 Å². The smallest absolute Gasteiger partial charge is 0.115 e. The molecule has 0 saturated heterocycles. The van der Waals surface area contributed by atoms with E-state index >= 15 is 0 Å². The third-order valence-electron chi connectivity index (χ3n) is 3.30. The number of aromatic hydroxyl groups is 1. The number of benzene rings is 2. The van der Waals surface area contributed by atoms with E-state index < -0.39 is 0 Å². The summed E-state index contributed by atoms with van der Waals surface area (Å²) >= 11 is 0. The molecule has 3 aromatic rings. The van der Waals surface area contributed by atoms with Crippen LogP contribution < -0.4 is 0 Å². The van der Waals surface area contributed by atoms with Crippen LogP contribution in [0.3, 0.4) is 0 Å². The van der Waals surface area contributed by atoms with Gasteiger partial charge in [0.2, 0.25) is 0 Å². The Morgan fingerprint density at radius 2 is 1.84 bits per heavy atom. The first-order valence-electron chi connectivity index (χ1n) is 6.23. The summed E-state index contributed by atoms with van der Waals surface area (Å²) in [5.74, 6) is 0.274. The first-order chi connectivity index (χ1) is 9.28. The molecule has 0 unspecified atom stereocenters. The summed E-state index contributed by atoms with van der Waals surface area (Å²) in [6.07, 6.45) is 1.97. The van der Waals surface area contributed by atoms with Gasteiger partial charge in [-0.25, -0.2) is 0 Å². The van der Waals surface area contributed by atoms with Gasteiger partial charge in [-0.2, -0.15) is 0 Å². The van der Waals surface area contributed by atoms with Gasteiger partial charge in [-0.15, -0.1) is 0 Å². The molecule has 2 N–H and O–H groups in total. The highest BCUT2D eigenvalue weighted by Crippen LogP contribution is 2.23. The van der Waals surface area contributed by atoms with E-state index in [4.69, 9.17) is 0 Å². The zero-order chi connectivity index (χ0) is 13.2. The molecule has 0 amide bonds. The molecule has 3 nitrogen and oxygen atoms in total. The van der Waals surface area contributed by atoms with Crippen LogP contribution in [-0.2, 0) is 13.2 Å². The molecule has 2 aromatic carbocycles. The minimum absolute atomic E-state index is 0.0353. The minimum Gasteiger partial charge on any atom is -0.508 e. The first-order valence-corrected chi connectivity index (χ1v) is 6.23. The predicted molar refractivity (Wildman–Crippen MR) is 75.1 cm³/mol. The predicted octanol–water partition coefficient (Wildman–Crippen LogP) is 2.89. The van der Waals surface area contributed by atoms with Gasteiger partial charge < -0.3 is 14.8 Å². The summed E-state index contributed by atoms with van der Waals surface area (Å²) in [6, 6.07) is 15.3. The van der Waals surface area contributed by atoms with Crippen LogP contribution in [0.1, 0.15) is 11.1 Å². The van der Waals surface area contributed by atoms with Crippen LogP contribution in [0.4, 0.5) is 0 Å². The normalized spacial score (nSPS) is 11.0. The van der Waals surface area contributed by atoms with Gasteiger partial charge in [0.15, 0.2) is 0 Å². The lowest BCUT2D eigenvalue weighted by Crippen LogP contribution is -1.97. The molecule has 1 aromatic heterocycles. The SMILES string of the molecule is OCc1cn(Cc2cccc(O)c2)c2ccccc12. The van der Waals surface area contributed by atoms with Crippen molar-refractivity contribution in [1.29, 1.82) is 0 Å². The Kier molecular flexibility index (Phi) is 2.97. The lowest BCUT2D eigenvalue weighted by molar-refractivity contribution is 0.283. The zero-order valence-corrected chi connectivity index (χ0v) is 10.5. The van der Waals surface area contributed by atoms with Gasteiger partial charge in [0.1, 0.15) is 5.75 Å². The number of para-hydroxylation sites is 1. The van der Waals surface area contributed by atoms with Crippen LogP contribution in [0.5, 0.6) is 5.75 Å². The van der Waals surface area contributed by atoms with Gasteiger partial charge in [-0.3, -0.25) is 0 Å². The maximum absolute atomic E-state index is 9.51. The number of fused-ring (bicyclic) bond motifs is 1. The number of rotatable bonds is 3. The summed E-state index contributed by atoms with van der Waals surface area (Å²) < 4.78 is 2.09. The molecule has 3 heteroatoms. The lowest BCUT2D eigenvalue weighted by Gasteiger charge is -2.06. The van der Waals surface area contributed by atoms with Gasteiger partial charge >= 0.3 is 0 Å². The fourth-order valence-corrected chi connectivity index (χ4v) is 2.43. The minimum atomic E-state index is 0.0353. The van der Waals surface area contributed by atoms with Crippen LogP contribution in [0.25, 0.3) is 10.9 Å². The molecule has 1 heterocycles. The fraction of sp³-hybridized carbons (Fsp3) is 0.125. The molecule has 0 bridgehead atoms. The van der Waals surface area contributed by atoms with Crippen molar-refractivity contribution in [3.8, 4) is 5.75 Å². The number of aromatic nitrogens is 1. The molecule has 0 saturated carbocycles. The molecular formula is C16H15NO2. The second kappa shape index (κ2) is 4.78. The molecular weight excluding hydrogens is 238 g/mol. The molecule has 0 spiro atoms. The lowest BCUT2D eigenvalue weighted by atomic mass is 10.2. The van der Waals surface area contributed by atoms with E-state index in [-0.39, 0.29) is 12.4 Å². The van der Waals surface area contributed by atoms with Crippen molar-refractivity contribution in [3.05, 3.63) is 65.9 Å². The van der Waals surface area contributed by atoms with E-state index in [9.17, 15) is 10.2 Å². The maximum Gasteiger partial charge on any atom is 0.115 e. The van der Waals surface area contributed by atoms with E-state index in [1.165, 1.54) is 0 Å². The summed E-state index contributed by atoms with van der Waals surface area (Å²) in [6.45, 7) is 0.711. The van der Waals surface area contributed by atoms with Crippen molar-refractivity contribution < 1.29 is 10.2 Å². The topological polar surface area (TPSA) is 45.4 Å². The van der Waals surface area contributed by atoms with E-state index in [1.807, 2.05) is 42.6 Å². The molecule has 0 aliphatic rings. The third-order valence-corrected chi connectivity index (χ3v) is 3.30. The van der Waals surface area contributed by atoms with Crippen LogP contribution in [0.15, 0.2) is 54.7 Å². The van der Waals surface area contributed by atoms with Crippen molar-refractivity contribution in [2.75, 3.05) is 0 Å². The van der Waals surface area contributed by atoms with Crippen LogP contribution in [-0.4, -0.2) is 14.8 Å². The Bertz CT molecular complexity index is 716. The van der Waals surface area contributed by atoms with Crippen LogP contribution in [0.2, 0.25) is 0 Å². The van der Waals surface area contributed by atoms with Crippen LogP contribution in [0, 0.1) is 0 Å². The summed E-state index contributed by atoms with van der Waals surface area (Å²) in [5, 5.41) is 20.0. The number of phenols is 1. The summed E-state index contributed by atoms with van der Waals surface area (Å²) in [7, 11) is 0. The Morgan fingerprint density at radius 3 is 2.63 bits per heavy atom. The fourth-order valence-electron chi connectivity index (χ4n) is 2.43. The number of aliphatic hydroxyl groups excluding tert-OH is 1. The van der Waals surface area contributed by atoms with Crippen molar-refractivity contribution in [3.63, 3.8) is 0 Å². The van der Waals surface area contributed by atoms with E-state index in [0.29, 0.717) is 6.54 Å². The quantitative estimate of drug-likeness (QED) is 0.754. The number of nitrogens with zero attached hydrogens (tertiary/aromatic N) is 1. The Balaban J connectivity index is 2.06. The number of aliphatic hydroxyl groups is 1. The molecule has 19 heavy (non-hydrogen) atoms. The van der Waals surface area contributed by atoms with Gasteiger partial charge in [0.25, 0.3) is 0 Å². The molecule has 96 valence electrons. The molecule has 0 aliphatic carbocycles. The zero-order valence-electron chi connectivity index (χ0n) is 10.5. The first kappa shape index (κ1) is 11.8. The van der Waals surface area contributed by atoms with Crippen LogP contribution >= 0.6 is 0 Å². The molecule has 3 rings (SSSR count). The molecule has 0 atom stereocenters. The Labute approximate surface area is 111 Å². The van der Waals surface area contributed by atoms with Gasteiger partial charge in [-0.05, 0) is 23.8 Å². The van der Waals surface area contributed by atoms with Crippen molar-refractivity contribution in [2.24, 2.45) is 0 Å². The highest BCUT2D eigenvalue weighted by atomic mass is 16.3. The van der Waals surface area contributed by atoms with Gasteiger partial charge in [0.05, 0.1) is 6.61 Å². The number of phenolic OH excluding ortho intramolecular Hbond substituents is 1. The van der Waals surface area contributed by atoms with Gasteiger partial charge in [-0.1, -0.05) is 30.3 Å². The van der Waals surface area contributed by atoms with E-state index in [1.54, 1.807) is 12.1 Å². The Morgan fingerprint density at radius 1 is 1.00 bits per heavy atom. The summed E-state index contributed by atoms with van der Waals surface area (Å²) in [4.78, 5) is 0. The number of hydrogen-bond donors (Lipinski definition) is 2. The van der Waals surface area contributed by atoms with Crippen molar-refractivity contribution in [1.82, 2.24) is 4.57 Å². The average molecular weight is 253 g/mol. The highest BCUT2D eigenvalue weighted by Gasteiger charge is 2.07. The summed E-state index contributed by atoms with van der Waals surface area (Å²) in [5.41, 5.74) is 3.05. The largest absolute Gasteiger partial charge is 0.508 e. The third kappa shape index (κ3) is 2.20. The highest BCUT2D eigenvalue weighted by molar-refractivity contribution is 5.83. The second-order valence-corrected chi connectivity index (χ2v) is 4.63. The maximum atomic E-state index is 9.51. The Hall–Kier alpha value is -2.26. The average Bonchev–Trinajstić information content (AvgIpc) is 2.77. The monoisotopic (exact) mass is 253 g/mol. The van der Waals surface area contributed by atoms with Crippen molar-refractivity contribution >= 4 is 10.9 Å². The number of hydrogen-bond acceptors (Lipinski definition) is 2. The molecule has 0 radical (unpaired) electrons. The van der Waals surface area contributed by atoms with E-state index in [0.717, 1.165) is 22.0 Å². The molecule has 0 aliphatic heterocycles. The molecule has 0 fully saturated rings.